The van der Waals surface area contributed by atoms with E-state index in [0.717, 1.165) is 31.0 Å². The van der Waals surface area contributed by atoms with E-state index in [1.165, 1.54) is 32.1 Å². The summed E-state index contributed by atoms with van der Waals surface area (Å²) < 4.78 is 12.6. The van der Waals surface area contributed by atoms with E-state index in [-0.39, 0.29) is 29.5 Å². The van der Waals surface area contributed by atoms with Gasteiger partial charge in [-0.05, 0) is 63.1 Å². The number of carbonyl (C=O) groups is 1. The highest BCUT2D eigenvalue weighted by atomic mass is 28.4. The first-order valence-electron chi connectivity index (χ1n) is 10.3. The third kappa shape index (κ3) is 4.06. The van der Waals surface area contributed by atoms with Gasteiger partial charge in [0.1, 0.15) is 0 Å². The molecule has 2 aliphatic rings. The van der Waals surface area contributed by atoms with Crippen LogP contribution in [0.15, 0.2) is 0 Å². The number of esters is 1. The molecule has 0 aliphatic heterocycles. The van der Waals surface area contributed by atoms with Gasteiger partial charge in [-0.2, -0.15) is 0 Å². The molecule has 0 saturated heterocycles. The van der Waals surface area contributed by atoms with Gasteiger partial charge in [-0.3, -0.25) is 4.79 Å². The van der Waals surface area contributed by atoms with E-state index in [2.05, 4.69) is 20.8 Å². The Morgan fingerprint density at radius 2 is 1.62 bits per heavy atom. The molecule has 0 aromatic carbocycles. The second-order valence-corrected chi connectivity index (χ2v) is 13.1. The lowest BCUT2D eigenvalue weighted by atomic mass is 9.71. The van der Waals surface area contributed by atoms with Gasteiger partial charge in [-0.1, -0.05) is 40.0 Å². The Bertz CT molecular complexity index is 403. The van der Waals surface area contributed by atoms with E-state index in [1.807, 2.05) is 13.8 Å². The molecule has 2 rings (SSSR count). The van der Waals surface area contributed by atoms with Crippen LogP contribution >= 0.6 is 0 Å². The predicted molar refractivity (Wildman–Crippen MR) is 102 cm³/mol. The van der Waals surface area contributed by atoms with Crippen molar-refractivity contribution < 1.29 is 14.0 Å². The Balaban J connectivity index is 2.26. The van der Waals surface area contributed by atoms with Crippen LogP contribution in [0.4, 0.5) is 0 Å². The maximum Gasteiger partial charge on any atom is 0.311 e. The van der Waals surface area contributed by atoms with Crippen LogP contribution in [-0.2, 0) is 14.0 Å². The van der Waals surface area contributed by atoms with Crippen molar-refractivity contribution in [2.75, 3.05) is 0 Å². The van der Waals surface area contributed by atoms with Crippen LogP contribution in [0.1, 0.15) is 79.6 Å². The van der Waals surface area contributed by atoms with E-state index in [4.69, 9.17) is 9.16 Å². The normalized spacial score (nSPS) is 26.9. The second kappa shape index (κ2) is 8.35. The molecule has 140 valence electrons. The third-order valence-electron chi connectivity index (χ3n) is 6.74. The highest BCUT2D eigenvalue weighted by Gasteiger charge is 2.54. The summed E-state index contributed by atoms with van der Waals surface area (Å²) in [6, 6.07) is 3.45. The summed E-state index contributed by atoms with van der Waals surface area (Å²) in [5, 5.41) is 0. The molecule has 0 heterocycles. The molecule has 2 saturated carbocycles. The molecule has 0 N–H and O–H groups in total. The van der Waals surface area contributed by atoms with Gasteiger partial charge in [0.15, 0.2) is 8.32 Å². The van der Waals surface area contributed by atoms with Gasteiger partial charge in [-0.15, -0.1) is 0 Å². The van der Waals surface area contributed by atoms with Gasteiger partial charge >= 0.3 is 5.97 Å². The molecule has 24 heavy (non-hydrogen) atoms. The molecule has 0 amide bonds. The van der Waals surface area contributed by atoms with E-state index in [1.54, 1.807) is 0 Å². The summed E-state index contributed by atoms with van der Waals surface area (Å²) in [6.07, 6.45) is 8.59. The molecule has 0 unspecified atom stereocenters. The van der Waals surface area contributed by atoms with Crippen molar-refractivity contribution >= 4 is 14.3 Å². The van der Waals surface area contributed by atoms with Gasteiger partial charge in [0.05, 0.1) is 18.1 Å². The van der Waals surface area contributed by atoms with E-state index < -0.39 is 8.32 Å². The Kier molecular flexibility index (Phi) is 6.95. The van der Waals surface area contributed by atoms with E-state index in [9.17, 15) is 4.79 Å². The summed E-state index contributed by atoms with van der Waals surface area (Å²) in [5.41, 5.74) is 0.247. The summed E-state index contributed by atoms with van der Waals surface area (Å²) in [7, 11) is -1.73. The van der Waals surface area contributed by atoms with Crippen molar-refractivity contribution in [1.82, 2.24) is 0 Å². The molecule has 0 aromatic rings. The fraction of sp³-hybridized carbons (Fsp3) is 0.950. The van der Waals surface area contributed by atoms with Crippen LogP contribution in [0.25, 0.3) is 0 Å². The summed E-state index contributed by atoms with van der Waals surface area (Å²) >= 11 is 0. The Hall–Kier alpha value is -0.353. The van der Waals surface area contributed by atoms with Crippen LogP contribution in [0.2, 0.25) is 18.1 Å². The van der Waals surface area contributed by atoms with Crippen molar-refractivity contribution in [2.45, 2.75) is 110 Å². The first kappa shape index (κ1) is 20.0. The zero-order valence-corrected chi connectivity index (χ0v) is 17.5. The smallest absolute Gasteiger partial charge is 0.311 e. The predicted octanol–water partition coefficient (Wildman–Crippen LogP) is 5.69. The van der Waals surface area contributed by atoms with Gasteiger partial charge < -0.3 is 9.16 Å². The third-order valence-corrected chi connectivity index (χ3v) is 11.4. The minimum absolute atomic E-state index is 0.0105. The highest BCUT2D eigenvalue weighted by Crippen LogP contribution is 2.54. The number of hydrogen-bond acceptors (Lipinski definition) is 3. The molecule has 0 aromatic heterocycles. The average molecular weight is 355 g/mol. The van der Waals surface area contributed by atoms with Crippen molar-refractivity contribution in [3.8, 4) is 0 Å². The maximum absolute atomic E-state index is 12.8. The molecular weight excluding hydrogens is 316 g/mol. The molecule has 1 spiro atoms. The number of ether oxygens (including phenoxy) is 1. The van der Waals surface area contributed by atoms with E-state index in [0.29, 0.717) is 0 Å². The molecule has 2 fully saturated rings. The van der Waals surface area contributed by atoms with Crippen molar-refractivity contribution in [3.05, 3.63) is 0 Å². The average Bonchev–Trinajstić information content (AvgIpc) is 2.90. The van der Waals surface area contributed by atoms with Crippen LogP contribution in [-0.4, -0.2) is 26.5 Å². The monoisotopic (exact) mass is 354 g/mol. The minimum Gasteiger partial charge on any atom is -0.463 e. The van der Waals surface area contributed by atoms with Crippen LogP contribution in [0.3, 0.4) is 0 Å². The Labute approximate surface area is 150 Å². The van der Waals surface area contributed by atoms with Gasteiger partial charge in [0, 0.05) is 0 Å². The minimum atomic E-state index is -1.73. The summed E-state index contributed by atoms with van der Waals surface area (Å²) in [6.45, 7) is 10.7. The molecule has 4 heteroatoms. The zero-order chi connectivity index (χ0) is 17.8. The second-order valence-electron chi connectivity index (χ2n) is 8.34. The zero-order valence-electron chi connectivity index (χ0n) is 16.5. The maximum atomic E-state index is 12.8. The van der Waals surface area contributed by atoms with Crippen molar-refractivity contribution in [1.29, 1.82) is 0 Å². The largest absolute Gasteiger partial charge is 0.463 e. The van der Waals surface area contributed by atoms with Crippen LogP contribution in [0.5, 0.6) is 0 Å². The SMILES string of the molecule is CC[Si](CC)(CC)O[C@@H]1[C@@H](C(=O)OC(C)C)CCC12CCCCC2. The Morgan fingerprint density at radius 1 is 1.04 bits per heavy atom. The lowest BCUT2D eigenvalue weighted by Crippen LogP contribution is -2.49. The number of rotatable bonds is 7. The van der Waals surface area contributed by atoms with Crippen molar-refractivity contribution in [2.24, 2.45) is 11.3 Å². The Morgan fingerprint density at radius 3 is 2.12 bits per heavy atom. The standard InChI is InChI=1S/C20H38O3Si/c1-6-24(7-2,8-3)23-18-17(19(21)22-16(4)5)12-15-20(18)13-10-9-11-14-20/h16-18H,6-15H2,1-5H3/t17-,18+/m0/s1. The van der Waals surface area contributed by atoms with Crippen LogP contribution < -0.4 is 0 Å². The van der Waals surface area contributed by atoms with Crippen molar-refractivity contribution in [3.63, 3.8) is 0 Å². The van der Waals surface area contributed by atoms with Crippen LogP contribution in [0, 0.1) is 11.3 Å². The highest BCUT2D eigenvalue weighted by molar-refractivity contribution is 6.73. The van der Waals surface area contributed by atoms with E-state index >= 15 is 0 Å². The fourth-order valence-electron chi connectivity index (χ4n) is 4.99. The molecule has 0 bridgehead atoms. The summed E-state index contributed by atoms with van der Waals surface area (Å²) in [5.74, 6) is -0.0503. The molecule has 0 radical (unpaired) electrons. The van der Waals surface area contributed by atoms with Gasteiger partial charge in [0.25, 0.3) is 0 Å². The summed E-state index contributed by atoms with van der Waals surface area (Å²) in [4.78, 5) is 12.8. The topological polar surface area (TPSA) is 35.5 Å². The fourth-order valence-corrected chi connectivity index (χ4v) is 7.94. The lowest BCUT2D eigenvalue weighted by Gasteiger charge is -2.44. The lowest BCUT2D eigenvalue weighted by molar-refractivity contribution is -0.156. The quantitative estimate of drug-likeness (QED) is 0.435. The van der Waals surface area contributed by atoms with Gasteiger partial charge in [0.2, 0.25) is 0 Å². The molecule has 2 aliphatic carbocycles. The first-order chi connectivity index (χ1) is 11.4. The molecule has 2 atom stereocenters. The first-order valence-corrected chi connectivity index (χ1v) is 12.8. The number of carbonyl (C=O) groups excluding carboxylic acids is 1. The number of hydrogen-bond donors (Lipinski definition) is 0. The molecular formula is C20H38O3Si. The molecule has 3 nitrogen and oxygen atoms in total. The van der Waals surface area contributed by atoms with Gasteiger partial charge in [-0.25, -0.2) is 0 Å².